The summed E-state index contributed by atoms with van der Waals surface area (Å²) in [5.74, 6) is 0.956. The smallest absolute Gasteiger partial charge is 0.191 e. The van der Waals surface area contributed by atoms with Crippen LogP contribution in [0.25, 0.3) is 0 Å². The third-order valence-electron chi connectivity index (χ3n) is 2.92. The minimum atomic E-state index is -0.896. The molecule has 0 fully saturated rings. The number of nitrogens with one attached hydrogen (secondary N) is 2. The molecule has 1 aromatic carbocycles. The first kappa shape index (κ1) is 22.3. The van der Waals surface area contributed by atoms with Gasteiger partial charge in [0.05, 0.1) is 6.54 Å². The Bertz CT molecular complexity index is 532. The van der Waals surface area contributed by atoms with Crippen LogP contribution in [0.5, 0.6) is 0 Å². The number of benzene rings is 1. The molecule has 0 aliphatic rings. The normalized spacial score (nSPS) is 13.2. The van der Waals surface area contributed by atoms with E-state index in [1.807, 2.05) is 33.8 Å². The first-order chi connectivity index (χ1) is 10.3. The molecule has 23 heavy (non-hydrogen) atoms. The lowest BCUT2D eigenvalue weighted by Gasteiger charge is -2.18. The summed E-state index contributed by atoms with van der Waals surface area (Å²) in [5.41, 5.74) is 0.815. The molecule has 132 valence electrons. The lowest BCUT2D eigenvalue weighted by Crippen LogP contribution is -2.40. The van der Waals surface area contributed by atoms with E-state index in [9.17, 15) is 8.60 Å². The van der Waals surface area contributed by atoms with Crippen molar-refractivity contribution in [1.29, 1.82) is 0 Å². The van der Waals surface area contributed by atoms with Crippen LogP contribution in [-0.4, -0.2) is 33.8 Å². The average Bonchev–Trinajstić information content (AvgIpc) is 2.43. The van der Waals surface area contributed by atoms with Gasteiger partial charge in [-0.05, 0) is 45.4 Å². The average molecular weight is 455 g/mol. The highest BCUT2D eigenvalue weighted by molar-refractivity contribution is 14.0. The van der Waals surface area contributed by atoms with Gasteiger partial charge in [-0.2, -0.15) is 0 Å². The van der Waals surface area contributed by atoms with Crippen molar-refractivity contribution in [3.63, 3.8) is 0 Å². The molecule has 0 spiro atoms. The van der Waals surface area contributed by atoms with Gasteiger partial charge >= 0.3 is 0 Å². The molecule has 0 saturated heterocycles. The fraction of sp³-hybridized carbons (Fsp3) is 0.562. The van der Waals surface area contributed by atoms with E-state index in [0.29, 0.717) is 24.8 Å². The third-order valence-corrected chi connectivity index (χ3v) is 4.86. The zero-order chi connectivity index (χ0) is 16.6. The van der Waals surface area contributed by atoms with Gasteiger partial charge in [0.1, 0.15) is 5.82 Å². The molecule has 1 atom stereocenters. The summed E-state index contributed by atoms with van der Waals surface area (Å²) in [6, 6.07) is 6.40. The number of aliphatic imine (C=N–C) groups is 1. The largest absolute Gasteiger partial charge is 0.357 e. The maximum atomic E-state index is 13.1. The van der Waals surface area contributed by atoms with Gasteiger partial charge in [0.25, 0.3) is 0 Å². The Morgan fingerprint density at radius 2 is 2.00 bits per heavy atom. The van der Waals surface area contributed by atoms with Gasteiger partial charge in [0, 0.05) is 34.4 Å². The van der Waals surface area contributed by atoms with Gasteiger partial charge in [0.2, 0.25) is 0 Å². The number of hydrogen-bond donors (Lipinski definition) is 2. The molecule has 2 N–H and O–H groups in total. The maximum Gasteiger partial charge on any atom is 0.191 e. The minimum Gasteiger partial charge on any atom is -0.357 e. The number of guanidine groups is 1. The lowest BCUT2D eigenvalue weighted by atomic mass is 10.2. The molecule has 0 amide bonds. The van der Waals surface area contributed by atoms with Crippen LogP contribution in [0.15, 0.2) is 29.3 Å². The molecule has 0 aliphatic heterocycles. The van der Waals surface area contributed by atoms with Crippen molar-refractivity contribution in [3.05, 3.63) is 35.6 Å². The van der Waals surface area contributed by atoms with Crippen molar-refractivity contribution in [1.82, 2.24) is 10.6 Å². The Kier molecular flexibility index (Phi) is 10.6. The SMILES string of the molecule is CCNC(=NCc1cccc(F)c1)NCCS(=O)C(C)(C)C.I. The van der Waals surface area contributed by atoms with E-state index in [0.717, 1.165) is 12.1 Å². The second kappa shape index (κ2) is 11.0. The van der Waals surface area contributed by atoms with E-state index in [1.165, 1.54) is 12.1 Å². The summed E-state index contributed by atoms with van der Waals surface area (Å²) in [7, 11) is -0.896. The predicted molar refractivity (Wildman–Crippen MR) is 107 cm³/mol. The van der Waals surface area contributed by atoms with E-state index in [4.69, 9.17) is 0 Å². The standard InChI is InChI=1S/C16H26FN3OS.HI/c1-5-18-15(19-9-10-22(21)16(2,3)4)20-12-13-7-6-8-14(17)11-13;/h6-8,11H,5,9-10,12H2,1-4H3,(H2,18,19,20);1H. The van der Waals surface area contributed by atoms with Crippen LogP contribution in [0.2, 0.25) is 0 Å². The second-order valence-corrected chi connectivity index (χ2v) is 8.24. The molecular weight excluding hydrogens is 428 g/mol. The molecule has 7 heteroatoms. The Morgan fingerprint density at radius 1 is 1.30 bits per heavy atom. The minimum absolute atomic E-state index is 0. The molecule has 0 heterocycles. The lowest BCUT2D eigenvalue weighted by molar-refractivity contribution is 0.625. The molecular formula is C16H27FIN3OS. The monoisotopic (exact) mass is 455 g/mol. The molecule has 0 saturated carbocycles. The Labute approximate surface area is 158 Å². The van der Waals surface area contributed by atoms with Crippen molar-refractivity contribution >= 4 is 40.7 Å². The zero-order valence-electron chi connectivity index (χ0n) is 14.2. The summed E-state index contributed by atoms with van der Waals surface area (Å²) in [6.45, 7) is 9.59. The highest BCUT2D eigenvalue weighted by atomic mass is 127. The van der Waals surface area contributed by atoms with E-state index in [2.05, 4.69) is 15.6 Å². The van der Waals surface area contributed by atoms with Crippen molar-refractivity contribution in [2.45, 2.75) is 39.0 Å². The fourth-order valence-corrected chi connectivity index (χ4v) is 2.62. The van der Waals surface area contributed by atoms with E-state index in [-0.39, 0.29) is 34.5 Å². The summed E-state index contributed by atoms with van der Waals surface area (Å²) in [6.07, 6.45) is 0. The Balaban J connectivity index is 0.00000484. The highest BCUT2D eigenvalue weighted by Gasteiger charge is 2.18. The van der Waals surface area contributed by atoms with Gasteiger partial charge < -0.3 is 10.6 Å². The van der Waals surface area contributed by atoms with E-state index < -0.39 is 10.8 Å². The van der Waals surface area contributed by atoms with Crippen LogP contribution < -0.4 is 10.6 Å². The van der Waals surface area contributed by atoms with Gasteiger partial charge in [-0.15, -0.1) is 24.0 Å². The molecule has 1 rings (SSSR count). The molecule has 0 bridgehead atoms. The Hall–Kier alpha value is -0.700. The molecule has 0 radical (unpaired) electrons. The maximum absolute atomic E-state index is 13.1. The number of halogens is 2. The van der Waals surface area contributed by atoms with Gasteiger partial charge in [-0.1, -0.05) is 12.1 Å². The topological polar surface area (TPSA) is 53.5 Å². The molecule has 1 unspecified atom stereocenters. The van der Waals surface area contributed by atoms with E-state index in [1.54, 1.807) is 6.07 Å². The van der Waals surface area contributed by atoms with E-state index >= 15 is 0 Å². The Morgan fingerprint density at radius 3 is 2.57 bits per heavy atom. The van der Waals surface area contributed by atoms with Crippen LogP contribution in [0.4, 0.5) is 4.39 Å². The summed E-state index contributed by atoms with van der Waals surface area (Å²) >= 11 is 0. The van der Waals surface area contributed by atoms with Gasteiger partial charge in [-0.3, -0.25) is 4.21 Å². The van der Waals surface area contributed by atoms with Crippen molar-refractivity contribution in [2.75, 3.05) is 18.8 Å². The zero-order valence-corrected chi connectivity index (χ0v) is 17.3. The first-order valence-corrected chi connectivity index (χ1v) is 8.80. The van der Waals surface area contributed by atoms with Crippen molar-refractivity contribution in [3.8, 4) is 0 Å². The predicted octanol–water partition coefficient (Wildman–Crippen LogP) is 3.05. The quantitative estimate of drug-likeness (QED) is 0.394. The summed E-state index contributed by atoms with van der Waals surface area (Å²) in [4.78, 5) is 4.41. The van der Waals surface area contributed by atoms with Gasteiger partial charge in [-0.25, -0.2) is 9.38 Å². The van der Waals surface area contributed by atoms with Gasteiger partial charge in [0.15, 0.2) is 5.96 Å². The number of nitrogens with zero attached hydrogens (tertiary/aromatic N) is 1. The molecule has 4 nitrogen and oxygen atoms in total. The number of hydrogen-bond acceptors (Lipinski definition) is 2. The fourth-order valence-electron chi connectivity index (χ4n) is 1.72. The van der Waals surface area contributed by atoms with Crippen LogP contribution >= 0.6 is 24.0 Å². The number of rotatable bonds is 6. The van der Waals surface area contributed by atoms with Crippen molar-refractivity contribution in [2.24, 2.45) is 4.99 Å². The molecule has 1 aromatic rings. The van der Waals surface area contributed by atoms with Crippen LogP contribution in [0.1, 0.15) is 33.3 Å². The first-order valence-electron chi connectivity index (χ1n) is 7.48. The van der Waals surface area contributed by atoms with Crippen LogP contribution in [0, 0.1) is 5.82 Å². The highest BCUT2D eigenvalue weighted by Crippen LogP contribution is 2.10. The third kappa shape index (κ3) is 9.24. The van der Waals surface area contributed by atoms with Crippen LogP contribution in [0.3, 0.4) is 0 Å². The van der Waals surface area contributed by atoms with Crippen LogP contribution in [-0.2, 0) is 17.3 Å². The summed E-state index contributed by atoms with van der Waals surface area (Å²) in [5, 5.41) is 6.29. The van der Waals surface area contributed by atoms with Crippen molar-refractivity contribution < 1.29 is 8.60 Å². The summed E-state index contributed by atoms with van der Waals surface area (Å²) < 4.78 is 24.9. The molecule has 0 aromatic heterocycles. The second-order valence-electron chi connectivity index (χ2n) is 5.91. The molecule has 0 aliphatic carbocycles.